The lowest BCUT2D eigenvalue weighted by Crippen LogP contribution is -2.29. The number of carbonyl (C=O) groups excluding carboxylic acids is 1. The van der Waals surface area contributed by atoms with Crippen molar-refractivity contribution in [3.8, 4) is 17.0 Å². The van der Waals surface area contributed by atoms with Gasteiger partial charge in [0.1, 0.15) is 11.5 Å². The number of hydrogen-bond acceptors (Lipinski definition) is 8. The zero-order valence-corrected chi connectivity index (χ0v) is 27.6. The molecule has 14 heteroatoms. The summed E-state index contributed by atoms with van der Waals surface area (Å²) in [7, 11) is 9.14. The molecule has 49 heavy (non-hydrogen) atoms. The van der Waals surface area contributed by atoms with Crippen LogP contribution in [-0.4, -0.2) is 73.0 Å². The van der Waals surface area contributed by atoms with Crippen LogP contribution in [0.5, 0.6) is 5.75 Å². The van der Waals surface area contributed by atoms with E-state index < -0.39 is 23.8 Å². The maximum atomic E-state index is 13.6. The first-order valence-corrected chi connectivity index (χ1v) is 15.2. The molecular weight excluding hydrogens is 640 g/mol. The van der Waals surface area contributed by atoms with Crippen molar-refractivity contribution in [2.24, 2.45) is 7.05 Å². The van der Waals surface area contributed by atoms with Crippen molar-refractivity contribution in [2.75, 3.05) is 62.1 Å². The van der Waals surface area contributed by atoms with Crippen LogP contribution in [0.15, 0.2) is 79.1 Å². The maximum absolute atomic E-state index is 13.6. The van der Waals surface area contributed by atoms with Crippen molar-refractivity contribution in [1.82, 2.24) is 19.4 Å². The molecule has 0 atom stereocenters. The molecule has 3 aromatic carbocycles. The summed E-state index contributed by atoms with van der Waals surface area (Å²) in [5.74, 6) is -1.40. The predicted octanol–water partition coefficient (Wildman–Crippen LogP) is 7.11. The van der Waals surface area contributed by atoms with Gasteiger partial charge in [0.15, 0.2) is 5.75 Å². The van der Waals surface area contributed by atoms with Gasteiger partial charge in [-0.05, 0) is 50.0 Å². The topological polar surface area (TPSA) is 99.6 Å². The number of hydrogen-bond donors (Lipinski definition) is 3. The summed E-state index contributed by atoms with van der Waals surface area (Å²) in [4.78, 5) is 25.9. The van der Waals surface area contributed by atoms with Gasteiger partial charge in [0.25, 0.3) is 0 Å². The molecule has 0 radical (unpaired) electrons. The van der Waals surface area contributed by atoms with Crippen LogP contribution in [0, 0.1) is 5.82 Å². The Bertz CT molecular complexity index is 1970. The van der Waals surface area contributed by atoms with Gasteiger partial charge in [0.2, 0.25) is 11.9 Å². The van der Waals surface area contributed by atoms with Crippen LogP contribution in [0.4, 0.5) is 46.3 Å². The highest BCUT2D eigenvalue weighted by Crippen LogP contribution is 2.41. The van der Waals surface area contributed by atoms with Crippen LogP contribution >= 0.6 is 0 Å². The lowest BCUT2D eigenvalue weighted by atomic mass is 10.1. The van der Waals surface area contributed by atoms with Gasteiger partial charge in [-0.15, -0.1) is 13.2 Å². The van der Waals surface area contributed by atoms with Crippen LogP contribution in [0.3, 0.4) is 0 Å². The lowest BCUT2D eigenvalue weighted by Gasteiger charge is -2.26. The number of anilines is 5. The minimum Gasteiger partial charge on any atom is -0.403 e. The van der Waals surface area contributed by atoms with Crippen LogP contribution in [-0.2, 0) is 11.8 Å². The normalized spacial score (nSPS) is 11.7. The fraction of sp³-hybridized carbons (Fsp3) is 0.229. The average Bonchev–Trinajstić information content (AvgIpc) is 3.39. The zero-order valence-electron chi connectivity index (χ0n) is 27.6. The third kappa shape index (κ3) is 8.65. The standard InChI is InChI=1S/C35H36F4N8O2/c1-40-26-18-27(31(49-35(37,38)39)19-30(26)46(4)17-16-45(2)3)43-34-41-20-28(42-32(48)15-12-22-10-13-23(36)14-11-22)33(44-34)25-21-47(5)29-9-7-6-8-24(25)29/h6-15,18-21,40H,16-17H2,1-5H3,(H,42,48)(H,41,43,44)/b15-12+. The first-order valence-electron chi connectivity index (χ1n) is 15.2. The van der Waals surface area contributed by atoms with Crippen molar-refractivity contribution in [1.29, 1.82) is 0 Å². The van der Waals surface area contributed by atoms with E-state index in [-0.39, 0.29) is 17.3 Å². The molecule has 0 aliphatic heterocycles. The molecule has 0 aliphatic rings. The van der Waals surface area contributed by atoms with Crippen molar-refractivity contribution in [2.45, 2.75) is 6.36 Å². The van der Waals surface area contributed by atoms with Gasteiger partial charge in [-0.25, -0.2) is 14.4 Å². The first kappa shape index (κ1) is 34.7. The van der Waals surface area contributed by atoms with Crippen LogP contribution in [0.25, 0.3) is 28.2 Å². The van der Waals surface area contributed by atoms with Gasteiger partial charge in [-0.1, -0.05) is 30.3 Å². The van der Waals surface area contributed by atoms with Gasteiger partial charge in [-0.3, -0.25) is 4.79 Å². The number of alkyl halides is 3. The quantitative estimate of drug-likeness (QED) is 0.0951. The van der Waals surface area contributed by atoms with Crippen molar-refractivity contribution in [3.05, 3.63) is 90.5 Å². The van der Waals surface area contributed by atoms with E-state index in [1.807, 2.05) is 66.0 Å². The molecule has 3 N–H and O–H groups in total. The fourth-order valence-electron chi connectivity index (χ4n) is 5.17. The number of ether oxygens (including phenoxy) is 1. The summed E-state index contributed by atoms with van der Waals surface area (Å²) in [6.07, 6.45) is 1.08. The molecule has 5 aromatic rings. The SMILES string of the molecule is CNc1cc(Nc2ncc(NC(=O)/C=C/c3ccc(F)cc3)c(-c3cn(C)c4ccccc34)n2)c(OC(F)(F)F)cc1N(C)CCN(C)C. The Morgan fingerprint density at radius 1 is 1.00 bits per heavy atom. The molecule has 5 rings (SSSR count). The fourth-order valence-corrected chi connectivity index (χ4v) is 5.17. The van der Waals surface area contributed by atoms with E-state index >= 15 is 0 Å². The Labute approximate surface area is 281 Å². The molecule has 0 spiro atoms. The number of aryl methyl sites for hydroxylation is 1. The summed E-state index contributed by atoms with van der Waals surface area (Å²) in [5.41, 5.74) is 3.77. The number of halogens is 4. The number of carbonyl (C=O) groups is 1. The van der Waals surface area contributed by atoms with E-state index in [9.17, 15) is 22.4 Å². The summed E-state index contributed by atoms with van der Waals surface area (Å²) in [5, 5.41) is 9.59. The van der Waals surface area contributed by atoms with Gasteiger partial charge in [0, 0.05) is 69.0 Å². The van der Waals surface area contributed by atoms with Crippen molar-refractivity contribution in [3.63, 3.8) is 0 Å². The zero-order chi connectivity index (χ0) is 35.3. The Balaban J connectivity index is 1.55. The number of nitrogens with zero attached hydrogens (tertiary/aromatic N) is 5. The third-order valence-corrected chi connectivity index (χ3v) is 7.63. The summed E-state index contributed by atoms with van der Waals surface area (Å²) < 4.78 is 60.6. The third-order valence-electron chi connectivity index (χ3n) is 7.63. The molecular formula is C35H36F4N8O2. The molecule has 0 fully saturated rings. The first-order chi connectivity index (χ1) is 23.3. The van der Waals surface area contributed by atoms with E-state index in [0.717, 1.165) is 10.9 Å². The smallest absolute Gasteiger partial charge is 0.403 e. The van der Waals surface area contributed by atoms with E-state index in [0.29, 0.717) is 41.3 Å². The number of fused-ring (bicyclic) bond motifs is 1. The number of rotatable bonds is 12. The molecule has 0 saturated heterocycles. The van der Waals surface area contributed by atoms with E-state index in [2.05, 4.69) is 25.7 Å². The molecule has 10 nitrogen and oxygen atoms in total. The minimum absolute atomic E-state index is 0.0330. The summed E-state index contributed by atoms with van der Waals surface area (Å²) in [6, 6.07) is 16.1. The molecule has 2 aromatic heterocycles. The Morgan fingerprint density at radius 2 is 1.73 bits per heavy atom. The second-order valence-electron chi connectivity index (χ2n) is 11.5. The average molecular weight is 677 g/mol. The molecule has 256 valence electrons. The van der Waals surface area contributed by atoms with Gasteiger partial charge >= 0.3 is 6.36 Å². The second-order valence-corrected chi connectivity index (χ2v) is 11.5. The number of para-hydroxylation sites is 1. The molecule has 0 aliphatic carbocycles. The van der Waals surface area contributed by atoms with Crippen LogP contribution in [0.1, 0.15) is 5.56 Å². The number of amides is 1. The monoisotopic (exact) mass is 676 g/mol. The van der Waals surface area contributed by atoms with Crippen molar-refractivity contribution >= 4 is 51.6 Å². The van der Waals surface area contributed by atoms with Crippen LogP contribution < -0.4 is 25.6 Å². The number of nitrogens with one attached hydrogen (secondary N) is 3. The van der Waals surface area contributed by atoms with E-state index in [4.69, 9.17) is 4.98 Å². The highest BCUT2D eigenvalue weighted by atomic mass is 19.4. The maximum Gasteiger partial charge on any atom is 0.573 e. The Hall–Kier alpha value is -5.63. The highest BCUT2D eigenvalue weighted by molar-refractivity contribution is 6.06. The van der Waals surface area contributed by atoms with Gasteiger partial charge < -0.3 is 35.1 Å². The second kappa shape index (κ2) is 14.6. The van der Waals surface area contributed by atoms with Gasteiger partial charge in [0.05, 0.1) is 28.9 Å². The van der Waals surface area contributed by atoms with Crippen molar-refractivity contribution < 1.29 is 27.1 Å². The van der Waals surface area contributed by atoms with Gasteiger partial charge in [-0.2, -0.15) is 0 Å². The van der Waals surface area contributed by atoms with E-state index in [1.54, 1.807) is 14.1 Å². The number of benzene rings is 3. The lowest BCUT2D eigenvalue weighted by molar-refractivity contribution is -0.274. The highest BCUT2D eigenvalue weighted by Gasteiger charge is 2.33. The van der Waals surface area contributed by atoms with E-state index in [1.165, 1.54) is 54.7 Å². The number of likely N-dealkylation sites (N-methyl/N-ethyl adjacent to an activating group) is 2. The predicted molar refractivity (Wildman–Crippen MR) is 186 cm³/mol. The Kier molecular flexibility index (Phi) is 10.4. The molecule has 0 unspecified atom stereocenters. The summed E-state index contributed by atoms with van der Waals surface area (Å²) >= 11 is 0. The minimum atomic E-state index is -4.97. The Morgan fingerprint density at radius 3 is 2.43 bits per heavy atom. The molecule has 0 saturated carbocycles. The molecule has 2 heterocycles. The molecule has 0 bridgehead atoms. The molecule has 1 amide bonds. The number of aromatic nitrogens is 3. The summed E-state index contributed by atoms with van der Waals surface area (Å²) in [6.45, 7) is 1.22. The van der Waals surface area contributed by atoms with Crippen LogP contribution in [0.2, 0.25) is 0 Å². The largest absolute Gasteiger partial charge is 0.573 e.